The number of hydrogen-bond donors (Lipinski definition) is 2. The highest BCUT2D eigenvalue weighted by Gasteiger charge is 2.15. The van der Waals surface area contributed by atoms with Gasteiger partial charge in [0, 0.05) is 38.8 Å². The largest absolute Gasteiger partial charge is 0.357 e. The Labute approximate surface area is 167 Å². The van der Waals surface area contributed by atoms with Crippen LogP contribution in [-0.4, -0.2) is 73.9 Å². The number of hydrogen-bond acceptors (Lipinski definition) is 3. The monoisotopic (exact) mass is 393 g/mol. The Balaban J connectivity index is 2.60. The van der Waals surface area contributed by atoms with E-state index < -0.39 is 5.82 Å². The number of benzene rings is 1. The molecule has 0 atom stereocenters. The molecule has 0 aliphatic carbocycles. The van der Waals surface area contributed by atoms with E-state index in [1.54, 1.807) is 35.9 Å². The molecule has 156 valence electrons. The maximum Gasteiger partial charge on any atom is 0.251 e. The Kier molecular flexibility index (Phi) is 9.98. The third-order valence-electron chi connectivity index (χ3n) is 4.28. The van der Waals surface area contributed by atoms with Crippen LogP contribution in [0.2, 0.25) is 0 Å². The molecule has 0 spiro atoms. The fourth-order valence-corrected chi connectivity index (χ4v) is 2.59. The maximum atomic E-state index is 13.6. The fraction of sp³-hybridized carbons (Fsp3) is 0.550. The van der Waals surface area contributed by atoms with E-state index in [4.69, 9.17) is 0 Å². The summed E-state index contributed by atoms with van der Waals surface area (Å²) >= 11 is 0. The summed E-state index contributed by atoms with van der Waals surface area (Å²) in [5, 5.41) is 5.86. The van der Waals surface area contributed by atoms with Crippen molar-refractivity contribution in [2.75, 3.05) is 46.3 Å². The lowest BCUT2D eigenvalue weighted by atomic mass is 10.1. The molecule has 0 aliphatic rings. The van der Waals surface area contributed by atoms with Crippen molar-refractivity contribution in [3.8, 4) is 0 Å². The summed E-state index contributed by atoms with van der Waals surface area (Å²) in [6, 6.07) is 4.39. The molecule has 2 amide bonds. The molecular weight excluding hydrogens is 361 g/mol. The average molecular weight is 394 g/mol. The number of carbonyl (C=O) groups is 2. The summed E-state index contributed by atoms with van der Waals surface area (Å²) in [5.74, 6) is -0.116. The molecule has 1 aromatic carbocycles. The summed E-state index contributed by atoms with van der Waals surface area (Å²) in [5.41, 5.74) is 0.777. The Hall–Kier alpha value is -2.64. The van der Waals surface area contributed by atoms with E-state index >= 15 is 0 Å². The standard InChI is InChI=1S/C20H32FN5O2/c1-6-22-20(25(5)14-18(27)26(7-2)8-3)24-12-11-23-19(28)16-10-9-15(4)17(21)13-16/h9-10,13H,6-8,11-12,14H2,1-5H3,(H,22,24)(H,23,28). The molecule has 0 saturated heterocycles. The molecule has 1 aromatic rings. The lowest BCUT2D eigenvalue weighted by Crippen LogP contribution is -2.46. The van der Waals surface area contributed by atoms with Crippen LogP contribution in [0.25, 0.3) is 0 Å². The van der Waals surface area contributed by atoms with Crippen LogP contribution >= 0.6 is 0 Å². The highest BCUT2D eigenvalue weighted by molar-refractivity contribution is 5.94. The van der Waals surface area contributed by atoms with Crippen LogP contribution in [0.15, 0.2) is 23.2 Å². The number of rotatable bonds is 9. The maximum absolute atomic E-state index is 13.6. The highest BCUT2D eigenvalue weighted by Crippen LogP contribution is 2.08. The van der Waals surface area contributed by atoms with Gasteiger partial charge in [-0.2, -0.15) is 0 Å². The van der Waals surface area contributed by atoms with Crippen molar-refractivity contribution in [3.63, 3.8) is 0 Å². The van der Waals surface area contributed by atoms with E-state index in [0.29, 0.717) is 44.2 Å². The SMILES string of the molecule is CCNC(=NCCNC(=O)c1ccc(C)c(F)c1)N(C)CC(=O)N(CC)CC. The molecule has 0 bridgehead atoms. The van der Waals surface area contributed by atoms with Crippen LogP contribution in [0.4, 0.5) is 4.39 Å². The number of carbonyl (C=O) groups excluding carboxylic acids is 2. The van der Waals surface area contributed by atoms with Gasteiger partial charge in [-0.15, -0.1) is 0 Å². The molecule has 28 heavy (non-hydrogen) atoms. The van der Waals surface area contributed by atoms with Crippen molar-refractivity contribution in [1.29, 1.82) is 0 Å². The minimum absolute atomic E-state index is 0.0350. The van der Waals surface area contributed by atoms with Crippen LogP contribution in [0.1, 0.15) is 36.7 Å². The van der Waals surface area contributed by atoms with Crippen molar-refractivity contribution in [1.82, 2.24) is 20.4 Å². The first-order valence-corrected chi connectivity index (χ1v) is 9.65. The van der Waals surface area contributed by atoms with Gasteiger partial charge >= 0.3 is 0 Å². The third kappa shape index (κ3) is 7.17. The molecule has 8 heteroatoms. The second-order valence-corrected chi connectivity index (χ2v) is 6.38. The third-order valence-corrected chi connectivity index (χ3v) is 4.28. The van der Waals surface area contributed by atoms with Gasteiger partial charge in [-0.1, -0.05) is 6.07 Å². The molecule has 0 radical (unpaired) electrons. The van der Waals surface area contributed by atoms with Gasteiger partial charge in [0.1, 0.15) is 5.82 Å². The van der Waals surface area contributed by atoms with Gasteiger partial charge in [-0.3, -0.25) is 14.6 Å². The molecular formula is C20H32FN5O2. The summed E-state index contributed by atoms with van der Waals surface area (Å²) in [6.07, 6.45) is 0. The smallest absolute Gasteiger partial charge is 0.251 e. The summed E-state index contributed by atoms with van der Waals surface area (Å²) in [4.78, 5) is 32.3. The van der Waals surface area contributed by atoms with Gasteiger partial charge in [-0.25, -0.2) is 4.39 Å². The molecule has 2 N–H and O–H groups in total. The first kappa shape index (κ1) is 23.4. The summed E-state index contributed by atoms with van der Waals surface area (Å²) in [7, 11) is 1.80. The van der Waals surface area contributed by atoms with E-state index in [1.807, 2.05) is 20.8 Å². The van der Waals surface area contributed by atoms with E-state index in [2.05, 4.69) is 15.6 Å². The van der Waals surface area contributed by atoms with Crippen LogP contribution in [0.3, 0.4) is 0 Å². The van der Waals surface area contributed by atoms with E-state index in [0.717, 1.165) is 0 Å². The minimum Gasteiger partial charge on any atom is -0.357 e. The second kappa shape index (κ2) is 11.9. The molecule has 1 rings (SSSR count). The number of nitrogens with one attached hydrogen (secondary N) is 2. The Morgan fingerprint density at radius 1 is 1.14 bits per heavy atom. The first-order valence-electron chi connectivity index (χ1n) is 9.65. The van der Waals surface area contributed by atoms with Crippen molar-refractivity contribution in [3.05, 3.63) is 35.1 Å². The van der Waals surface area contributed by atoms with Gasteiger partial charge in [0.05, 0.1) is 13.1 Å². The number of likely N-dealkylation sites (N-methyl/N-ethyl adjacent to an activating group) is 2. The van der Waals surface area contributed by atoms with Crippen molar-refractivity contribution < 1.29 is 14.0 Å². The van der Waals surface area contributed by atoms with Crippen LogP contribution in [0.5, 0.6) is 0 Å². The average Bonchev–Trinajstić information content (AvgIpc) is 2.67. The van der Waals surface area contributed by atoms with Crippen LogP contribution in [-0.2, 0) is 4.79 Å². The number of aliphatic imine (C=N–C) groups is 1. The number of amides is 2. The summed E-state index contributed by atoms with van der Waals surface area (Å²) < 4.78 is 13.6. The van der Waals surface area contributed by atoms with Crippen molar-refractivity contribution >= 4 is 17.8 Å². The number of nitrogens with zero attached hydrogens (tertiary/aromatic N) is 3. The van der Waals surface area contributed by atoms with Gasteiger partial charge in [-0.05, 0) is 45.4 Å². The van der Waals surface area contributed by atoms with Crippen LogP contribution in [0, 0.1) is 12.7 Å². The highest BCUT2D eigenvalue weighted by atomic mass is 19.1. The molecule has 0 unspecified atom stereocenters. The Morgan fingerprint density at radius 2 is 1.82 bits per heavy atom. The molecule has 7 nitrogen and oxygen atoms in total. The fourth-order valence-electron chi connectivity index (χ4n) is 2.59. The predicted octanol–water partition coefficient (Wildman–Crippen LogP) is 1.63. The molecule has 0 fully saturated rings. The van der Waals surface area contributed by atoms with Gasteiger partial charge in [0.25, 0.3) is 5.91 Å². The molecule has 0 aliphatic heterocycles. The minimum atomic E-state index is -0.403. The number of halogens is 1. The zero-order valence-corrected chi connectivity index (χ0v) is 17.5. The predicted molar refractivity (Wildman–Crippen MR) is 110 cm³/mol. The lowest BCUT2D eigenvalue weighted by molar-refractivity contribution is -0.131. The first-order chi connectivity index (χ1) is 13.3. The van der Waals surface area contributed by atoms with Crippen molar-refractivity contribution in [2.24, 2.45) is 4.99 Å². The zero-order valence-electron chi connectivity index (χ0n) is 17.5. The summed E-state index contributed by atoms with van der Waals surface area (Å²) in [6.45, 7) is 10.4. The number of guanidine groups is 1. The molecule has 0 aromatic heterocycles. The lowest BCUT2D eigenvalue weighted by Gasteiger charge is -2.25. The van der Waals surface area contributed by atoms with E-state index in [-0.39, 0.29) is 23.9 Å². The van der Waals surface area contributed by atoms with Crippen molar-refractivity contribution in [2.45, 2.75) is 27.7 Å². The molecule has 0 saturated carbocycles. The van der Waals surface area contributed by atoms with E-state index in [9.17, 15) is 14.0 Å². The second-order valence-electron chi connectivity index (χ2n) is 6.38. The van der Waals surface area contributed by atoms with Gasteiger partial charge < -0.3 is 20.4 Å². The zero-order chi connectivity index (χ0) is 21.1. The van der Waals surface area contributed by atoms with Gasteiger partial charge in [0.2, 0.25) is 5.91 Å². The Morgan fingerprint density at radius 3 is 2.39 bits per heavy atom. The molecule has 0 heterocycles. The quantitative estimate of drug-likeness (QED) is 0.380. The Bertz CT molecular complexity index is 689. The van der Waals surface area contributed by atoms with Crippen LogP contribution < -0.4 is 10.6 Å². The topological polar surface area (TPSA) is 77.0 Å². The van der Waals surface area contributed by atoms with Gasteiger partial charge in [0.15, 0.2) is 5.96 Å². The van der Waals surface area contributed by atoms with E-state index in [1.165, 1.54) is 6.07 Å². The normalized spacial score (nSPS) is 11.1. The number of aryl methyl sites for hydroxylation is 1.